The number of aryl methyl sites for hydroxylation is 1. The van der Waals surface area contributed by atoms with Crippen molar-refractivity contribution in [2.45, 2.75) is 66.4 Å². The Balaban J connectivity index is 0.00000264. The topological polar surface area (TPSA) is 32.3 Å². The van der Waals surface area contributed by atoms with Crippen LogP contribution in [0.4, 0.5) is 5.69 Å². The van der Waals surface area contributed by atoms with Crippen molar-refractivity contribution in [3.05, 3.63) is 47.2 Å². The van der Waals surface area contributed by atoms with Gasteiger partial charge in [-0.2, -0.15) is 0 Å². The Morgan fingerprint density at radius 1 is 1.30 bits per heavy atom. The van der Waals surface area contributed by atoms with Crippen molar-refractivity contribution in [3.63, 3.8) is 0 Å². The zero-order valence-electron chi connectivity index (χ0n) is 14.4. The van der Waals surface area contributed by atoms with Gasteiger partial charge in [-0.15, -0.1) is 0 Å². The Hall–Kier alpha value is -1.54. The Labute approximate surface area is 142 Å². The molecule has 0 amide bonds. The lowest BCUT2D eigenvalue weighted by molar-refractivity contribution is 0.121. The zero-order chi connectivity index (χ0) is 16.3. The Bertz CT molecular complexity index is 572. The summed E-state index contributed by atoms with van der Waals surface area (Å²) < 4.78 is 0. The van der Waals surface area contributed by atoms with Crippen molar-refractivity contribution >= 4 is 11.8 Å². The van der Waals surface area contributed by atoms with E-state index < -0.39 is 5.60 Å². The second-order valence-electron chi connectivity index (χ2n) is 7.09. The molecule has 0 atom stereocenters. The molecule has 0 aliphatic heterocycles. The number of rotatable bonds is 5. The van der Waals surface area contributed by atoms with E-state index in [1.807, 2.05) is 20.8 Å². The van der Waals surface area contributed by atoms with E-state index in [-0.39, 0.29) is 7.43 Å². The highest BCUT2D eigenvalue weighted by atomic mass is 16.3. The minimum atomic E-state index is -0.788. The molecule has 128 valence electrons. The van der Waals surface area contributed by atoms with Crippen LogP contribution < -0.4 is 5.32 Å². The number of benzene rings is 1. The summed E-state index contributed by atoms with van der Waals surface area (Å²) in [7, 11) is 0. The van der Waals surface area contributed by atoms with E-state index >= 15 is 0 Å². The van der Waals surface area contributed by atoms with Gasteiger partial charge < -0.3 is 10.4 Å². The molecule has 1 fully saturated rings. The van der Waals surface area contributed by atoms with Gasteiger partial charge in [-0.3, -0.25) is 0 Å². The number of aliphatic hydroxyl groups is 1. The molecule has 0 heterocycles. The number of anilines is 1. The molecule has 1 saturated carbocycles. The summed E-state index contributed by atoms with van der Waals surface area (Å²) in [4.78, 5) is 0. The summed E-state index contributed by atoms with van der Waals surface area (Å²) in [6, 6.07) is 6.37. The predicted octanol–water partition coefficient (Wildman–Crippen LogP) is 5.92. The van der Waals surface area contributed by atoms with Crippen LogP contribution in [0.1, 0.15) is 65.0 Å². The van der Waals surface area contributed by atoms with Crippen molar-refractivity contribution in [3.8, 4) is 0 Å². The minimum Gasteiger partial charge on any atom is -0.386 e. The molecule has 0 bridgehead atoms. The third-order valence-corrected chi connectivity index (χ3v) is 4.77. The fourth-order valence-electron chi connectivity index (χ4n) is 2.85. The van der Waals surface area contributed by atoms with Crippen molar-refractivity contribution in [2.75, 3.05) is 5.32 Å². The van der Waals surface area contributed by atoms with Gasteiger partial charge in [0, 0.05) is 11.4 Å². The van der Waals surface area contributed by atoms with Crippen LogP contribution in [0.15, 0.2) is 36.0 Å². The van der Waals surface area contributed by atoms with E-state index in [0.717, 1.165) is 22.5 Å². The first kappa shape index (κ1) is 19.5. The Morgan fingerprint density at radius 2 is 1.91 bits per heavy atom. The molecule has 2 rings (SSSR count). The molecule has 23 heavy (non-hydrogen) atoms. The summed E-state index contributed by atoms with van der Waals surface area (Å²) in [5.41, 5.74) is 4.74. The lowest BCUT2D eigenvalue weighted by Gasteiger charge is -2.19. The first-order valence-corrected chi connectivity index (χ1v) is 8.25. The van der Waals surface area contributed by atoms with E-state index in [1.165, 1.54) is 31.2 Å². The molecule has 2 heteroatoms. The molecule has 2 nitrogen and oxygen atoms in total. The van der Waals surface area contributed by atoms with Crippen LogP contribution in [0.2, 0.25) is 0 Å². The van der Waals surface area contributed by atoms with E-state index in [4.69, 9.17) is 0 Å². The first-order valence-electron chi connectivity index (χ1n) is 8.25. The standard InChI is InChI=1S/C20H29NO.CH4/c1-14-10-11-19(21-16(3)17-8-6-7-9-17)13-18(14)12-15(2)20(4,5)22;/h10-13,17,21-22H,3,6-9H2,1-2,4-5H3;1H4/b15-12+;. The fraction of sp³-hybridized carbons (Fsp3) is 0.524. The van der Waals surface area contributed by atoms with E-state index in [2.05, 4.69) is 43.1 Å². The highest BCUT2D eigenvalue weighted by Crippen LogP contribution is 2.31. The van der Waals surface area contributed by atoms with E-state index in [9.17, 15) is 5.11 Å². The Morgan fingerprint density at radius 3 is 2.48 bits per heavy atom. The van der Waals surface area contributed by atoms with Crippen molar-refractivity contribution in [1.29, 1.82) is 0 Å². The largest absolute Gasteiger partial charge is 0.386 e. The number of hydrogen-bond donors (Lipinski definition) is 2. The molecule has 0 saturated heterocycles. The molecular weight excluding hydrogens is 282 g/mol. The maximum absolute atomic E-state index is 10.1. The number of hydrogen-bond acceptors (Lipinski definition) is 2. The van der Waals surface area contributed by atoms with Crippen LogP contribution in [0.5, 0.6) is 0 Å². The van der Waals surface area contributed by atoms with Crippen LogP contribution in [0, 0.1) is 12.8 Å². The van der Waals surface area contributed by atoms with Crippen LogP contribution in [-0.2, 0) is 0 Å². The SMILES string of the molecule is C.C=C(Nc1ccc(C)c(/C=C(\C)C(C)(C)O)c1)C1CCCC1. The fourth-order valence-corrected chi connectivity index (χ4v) is 2.85. The number of nitrogens with one attached hydrogen (secondary N) is 1. The van der Waals surface area contributed by atoms with Gasteiger partial charge in [0.15, 0.2) is 0 Å². The maximum Gasteiger partial charge on any atom is 0.0801 e. The molecule has 0 unspecified atom stereocenters. The predicted molar refractivity (Wildman–Crippen MR) is 103 cm³/mol. The molecule has 1 aliphatic rings. The lowest BCUT2D eigenvalue weighted by atomic mass is 9.96. The van der Waals surface area contributed by atoms with Gasteiger partial charge in [0.1, 0.15) is 0 Å². The lowest BCUT2D eigenvalue weighted by Crippen LogP contribution is -2.19. The summed E-state index contributed by atoms with van der Waals surface area (Å²) in [5.74, 6) is 0.610. The molecular formula is C21H33NO. The second kappa shape index (κ2) is 7.83. The highest BCUT2D eigenvalue weighted by molar-refractivity contribution is 5.64. The summed E-state index contributed by atoms with van der Waals surface area (Å²) in [6.45, 7) is 11.9. The molecule has 1 aromatic rings. The molecule has 1 aromatic carbocycles. The molecule has 0 aromatic heterocycles. The minimum absolute atomic E-state index is 0. The monoisotopic (exact) mass is 315 g/mol. The van der Waals surface area contributed by atoms with Gasteiger partial charge >= 0.3 is 0 Å². The van der Waals surface area contributed by atoms with Crippen molar-refractivity contribution in [1.82, 2.24) is 0 Å². The van der Waals surface area contributed by atoms with Gasteiger partial charge in [0.05, 0.1) is 5.60 Å². The number of allylic oxidation sites excluding steroid dienone is 1. The molecule has 1 aliphatic carbocycles. The smallest absolute Gasteiger partial charge is 0.0801 e. The first-order chi connectivity index (χ1) is 10.3. The second-order valence-corrected chi connectivity index (χ2v) is 7.09. The van der Waals surface area contributed by atoms with Gasteiger partial charge in [-0.25, -0.2) is 0 Å². The summed E-state index contributed by atoms with van der Waals surface area (Å²) in [5, 5.41) is 13.6. The van der Waals surface area contributed by atoms with Crippen LogP contribution in [-0.4, -0.2) is 10.7 Å². The van der Waals surface area contributed by atoms with Gasteiger partial charge in [-0.1, -0.05) is 39.0 Å². The molecule has 2 N–H and O–H groups in total. The van der Waals surface area contributed by atoms with Gasteiger partial charge in [0.2, 0.25) is 0 Å². The van der Waals surface area contributed by atoms with E-state index in [1.54, 1.807) is 0 Å². The normalized spacial score (nSPS) is 16.1. The molecule has 0 radical (unpaired) electrons. The van der Waals surface area contributed by atoms with Crippen molar-refractivity contribution < 1.29 is 5.11 Å². The van der Waals surface area contributed by atoms with Crippen molar-refractivity contribution in [2.24, 2.45) is 5.92 Å². The molecule has 0 spiro atoms. The maximum atomic E-state index is 10.1. The summed E-state index contributed by atoms with van der Waals surface area (Å²) in [6.07, 6.45) is 7.21. The quantitative estimate of drug-likeness (QED) is 0.706. The third kappa shape index (κ3) is 5.24. The van der Waals surface area contributed by atoms with Gasteiger partial charge in [-0.05, 0) is 75.3 Å². The third-order valence-electron chi connectivity index (χ3n) is 4.77. The summed E-state index contributed by atoms with van der Waals surface area (Å²) >= 11 is 0. The Kier molecular flexibility index (Phi) is 6.64. The zero-order valence-corrected chi connectivity index (χ0v) is 14.4. The van der Waals surface area contributed by atoms with Crippen LogP contribution in [0.3, 0.4) is 0 Å². The highest BCUT2D eigenvalue weighted by Gasteiger charge is 2.18. The average molecular weight is 316 g/mol. The average Bonchev–Trinajstić information content (AvgIpc) is 2.95. The van der Waals surface area contributed by atoms with E-state index in [0.29, 0.717) is 5.92 Å². The van der Waals surface area contributed by atoms with Crippen LogP contribution in [0.25, 0.3) is 6.08 Å². The van der Waals surface area contributed by atoms with Gasteiger partial charge in [0.25, 0.3) is 0 Å². The van der Waals surface area contributed by atoms with Crippen LogP contribution >= 0.6 is 0 Å².